The highest BCUT2D eigenvalue weighted by Crippen LogP contribution is 2.39. The van der Waals surface area contributed by atoms with E-state index >= 15 is 0 Å². The van der Waals surface area contributed by atoms with E-state index in [0.717, 1.165) is 11.1 Å². The monoisotopic (exact) mass is 370 g/mol. The molecule has 2 heterocycles. The second-order valence-corrected chi connectivity index (χ2v) is 7.41. The van der Waals surface area contributed by atoms with Gasteiger partial charge in [-0.05, 0) is 25.0 Å². The molecular weight excluding hydrogens is 344 g/mol. The van der Waals surface area contributed by atoms with E-state index in [1.165, 1.54) is 0 Å². The standard InChI is InChI=1S/C22H26O5/c1-22(2)26-20-19(24-14-17-11-7-4-8-12-17)18(25-21(20)27-22)15-23-13-16-9-5-3-6-10-16/h3-12,18-21H,13-15H2,1-2H3/t18-,19-,20-,21-/m1/s1. The van der Waals surface area contributed by atoms with E-state index in [1.54, 1.807) is 0 Å². The summed E-state index contributed by atoms with van der Waals surface area (Å²) in [5.41, 5.74) is 2.24. The van der Waals surface area contributed by atoms with Crippen LogP contribution in [0.3, 0.4) is 0 Å². The number of benzene rings is 2. The lowest BCUT2D eigenvalue weighted by Crippen LogP contribution is -2.38. The van der Waals surface area contributed by atoms with E-state index in [-0.39, 0.29) is 18.3 Å². The van der Waals surface area contributed by atoms with Crippen molar-refractivity contribution in [1.82, 2.24) is 0 Å². The molecule has 4 atom stereocenters. The maximum Gasteiger partial charge on any atom is 0.190 e. The van der Waals surface area contributed by atoms with Crippen molar-refractivity contribution in [1.29, 1.82) is 0 Å². The van der Waals surface area contributed by atoms with Gasteiger partial charge in [0.25, 0.3) is 0 Å². The molecule has 2 aromatic carbocycles. The van der Waals surface area contributed by atoms with Crippen LogP contribution < -0.4 is 0 Å². The van der Waals surface area contributed by atoms with E-state index in [2.05, 4.69) is 0 Å². The highest BCUT2D eigenvalue weighted by molar-refractivity contribution is 5.14. The van der Waals surface area contributed by atoms with Crippen LogP contribution in [-0.4, -0.2) is 37.0 Å². The summed E-state index contributed by atoms with van der Waals surface area (Å²) in [6.07, 6.45) is -1.16. The van der Waals surface area contributed by atoms with E-state index in [1.807, 2.05) is 74.5 Å². The fraction of sp³-hybridized carbons (Fsp3) is 0.455. The molecule has 0 spiro atoms. The van der Waals surface area contributed by atoms with Crippen molar-refractivity contribution in [2.75, 3.05) is 6.61 Å². The van der Waals surface area contributed by atoms with Crippen molar-refractivity contribution in [2.45, 2.75) is 57.5 Å². The molecule has 0 unspecified atom stereocenters. The van der Waals surface area contributed by atoms with Crippen LogP contribution in [0.5, 0.6) is 0 Å². The van der Waals surface area contributed by atoms with Gasteiger partial charge in [0.15, 0.2) is 12.1 Å². The molecule has 144 valence electrons. The van der Waals surface area contributed by atoms with Gasteiger partial charge in [-0.15, -0.1) is 0 Å². The summed E-state index contributed by atoms with van der Waals surface area (Å²) in [4.78, 5) is 0. The van der Waals surface area contributed by atoms with E-state index in [9.17, 15) is 0 Å². The molecule has 2 aliphatic heterocycles. The van der Waals surface area contributed by atoms with E-state index in [0.29, 0.717) is 19.8 Å². The van der Waals surface area contributed by atoms with Crippen LogP contribution >= 0.6 is 0 Å². The smallest absolute Gasteiger partial charge is 0.190 e. The summed E-state index contributed by atoms with van der Waals surface area (Å²) in [6.45, 7) is 5.24. The van der Waals surface area contributed by atoms with Gasteiger partial charge in [-0.25, -0.2) is 0 Å². The molecule has 5 nitrogen and oxygen atoms in total. The lowest BCUT2D eigenvalue weighted by molar-refractivity contribution is -0.225. The molecule has 0 aromatic heterocycles. The quantitative estimate of drug-likeness (QED) is 0.744. The lowest BCUT2D eigenvalue weighted by Gasteiger charge is -2.26. The molecule has 0 bridgehead atoms. The summed E-state index contributed by atoms with van der Waals surface area (Å²) in [5, 5.41) is 0. The maximum atomic E-state index is 6.20. The fourth-order valence-electron chi connectivity index (χ4n) is 3.52. The molecule has 0 amide bonds. The third kappa shape index (κ3) is 4.57. The molecule has 2 saturated heterocycles. The van der Waals surface area contributed by atoms with Crippen molar-refractivity contribution in [3.63, 3.8) is 0 Å². The molecule has 2 aliphatic rings. The Hall–Kier alpha value is -1.76. The number of hydrogen-bond acceptors (Lipinski definition) is 5. The first-order chi connectivity index (χ1) is 13.1. The summed E-state index contributed by atoms with van der Waals surface area (Å²) in [6, 6.07) is 20.2. The molecule has 0 aliphatic carbocycles. The van der Waals surface area contributed by atoms with Crippen LogP contribution in [0.2, 0.25) is 0 Å². The predicted molar refractivity (Wildman–Crippen MR) is 99.8 cm³/mol. The summed E-state index contributed by atoms with van der Waals surface area (Å²) in [5.74, 6) is -0.667. The minimum atomic E-state index is -0.667. The zero-order valence-corrected chi connectivity index (χ0v) is 15.7. The maximum absolute atomic E-state index is 6.20. The molecule has 0 saturated carbocycles. The van der Waals surface area contributed by atoms with Gasteiger partial charge in [-0.1, -0.05) is 60.7 Å². The summed E-state index contributed by atoms with van der Waals surface area (Å²) < 4.78 is 30.1. The minimum Gasteiger partial charge on any atom is -0.374 e. The zero-order valence-electron chi connectivity index (χ0n) is 15.7. The molecule has 5 heteroatoms. The Morgan fingerprint density at radius 3 is 2.15 bits per heavy atom. The van der Waals surface area contributed by atoms with Crippen molar-refractivity contribution >= 4 is 0 Å². The van der Waals surface area contributed by atoms with Gasteiger partial charge < -0.3 is 23.7 Å². The van der Waals surface area contributed by atoms with Gasteiger partial charge >= 0.3 is 0 Å². The van der Waals surface area contributed by atoms with Gasteiger partial charge in [0.1, 0.15) is 18.3 Å². The molecule has 0 radical (unpaired) electrons. The van der Waals surface area contributed by atoms with Crippen LogP contribution in [0.25, 0.3) is 0 Å². The summed E-state index contributed by atoms with van der Waals surface area (Å²) >= 11 is 0. The van der Waals surface area contributed by atoms with Crippen molar-refractivity contribution in [3.05, 3.63) is 71.8 Å². The first-order valence-corrected chi connectivity index (χ1v) is 9.39. The molecule has 0 N–H and O–H groups in total. The normalized spacial score (nSPS) is 29.0. The molecule has 2 aromatic rings. The van der Waals surface area contributed by atoms with Crippen molar-refractivity contribution in [3.8, 4) is 0 Å². The Bertz CT molecular complexity index is 718. The van der Waals surface area contributed by atoms with Crippen LogP contribution in [0.1, 0.15) is 25.0 Å². The SMILES string of the molecule is CC1(C)O[C@H]2O[C@H](COCc3ccccc3)[C@@H](OCc3ccccc3)[C@H]2O1. The van der Waals surface area contributed by atoms with E-state index < -0.39 is 12.1 Å². The highest BCUT2D eigenvalue weighted by Gasteiger charge is 2.55. The molecule has 2 fully saturated rings. The van der Waals surface area contributed by atoms with Gasteiger partial charge in [0, 0.05) is 0 Å². The Morgan fingerprint density at radius 2 is 1.48 bits per heavy atom. The van der Waals surface area contributed by atoms with Gasteiger partial charge in [0.2, 0.25) is 0 Å². The number of fused-ring (bicyclic) bond motifs is 1. The summed E-state index contributed by atoms with van der Waals surface area (Å²) in [7, 11) is 0. The lowest BCUT2D eigenvalue weighted by atomic mass is 10.1. The van der Waals surface area contributed by atoms with Crippen molar-refractivity contribution in [2.24, 2.45) is 0 Å². The number of hydrogen-bond donors (Lipinski definition) is 0. The van der Waals surface area contributed by atoms with Crippen LogP contribution in [0, 0.1) is 0 Å². The average molecular weight is 370 g/mol. The Morgan fingerprint density at radius 1 is 0.852 bits per heavy atom. The van der Waals surface area contributed by atoms with Crippen LogP contribution in [0.15, 0.2) is 60.7 Å². The van der Waals surface area contributed by atoms with Gasteiger partial charge in [-0.3, -0.25) is 0 Å². The van der Waals surface area contributed by atoms with Gasteiger partial charge in [0.05, 0.1) is 19.8 Å². The predicted octanol–water partition coefficient (Wildman–Crippen LogP) is 3.67. The molecular formula is C22H26O5. The van der Waals surface area contributed by atoms with Gasteiger partial charge in [-0.2, -0.15) is 0 Å². The molecule has 4 rings (SSSR count). The van der Waals surface area contributed by atoms with Crippen LogP contribution in [-0.2, 0) is 36.9 Å². The third-order valence-corrected chi connectivity index (χ3v) is 4.77. The zero-order chi connectivity index (χ0) is 18.7. The first-order valence-electron chi connectivity index (χ1n) is 9.39. The topological polar surface area (TPSA) is 46.2 Å². The third-order valence-electron chi connectivity index (χ3n) is 4.77. The fourth-order valence-corrected chi connectivity index (χ4v) is 3.52. The number of rotatable bonds is 7. The number of ether oxygens (including phenoxy) is 5. The average Bonchev–Trinajstić information content (AvgIpc) is 3.13. The van der Waals surface area contributed by atoms with E-state index in [4.69, 9.17) is 23.7 Å². The second kappa shape index (κ2) is 8.09. The minimum absolute atomic E-state index is 0.233. The van der Waals surface area contributed by atoms with Crippen LogP contribution in [0.4, 0.5) is 0 Å². The largest absolute Gasteiger partial charge is 0.374 e. The Balaban J connectivity index is 1.38. The van der Waals surface area contributed by atoms with Crippen molar-refractivity contribution < 1.29 is 23.7 Å². The highest BCUT2D eigenvalue weighted by atomic mass is 16.8. The Kier molecular flexibility index (Phi) is 5.57. The Labute approximate surface area is 160 Å². The first kappa shape index (κ1) is 18.6. The molecule has 27 heavy (non-hydrogen) atoms. The second-order valence-electron chi connectivity index (χ2n) is 7.41.